The van der Waals surface area contributed by atoms with Gasteiger partial charge in [0.2, 0.25) is 0 Å². The Bertz CT molecular complexity index is 3010. The molecule has 1 aromatic heterocycles. The molecule has 10 rings (SSSR count). The summed E-state index contributed by atoms with van der Waals surface area (Å²) in [5.41, 5.74) is 17.4. The summed E-state index contributed by atoms with van der Waals surface area (Å²) in [6.07, 6.45) is 0. The Morgan fingerprint density at radius 2 is 0.644 bits per heavy atom. The molecule has 0 atom stereocenters. The second kappa shape index (κ2) is 15.0. The van der Waals surface area contributed by atoms with E-state index in [2.05, 4.69) is 205 Å². The van der Waals surface area contributed by atoms with Crippen molar-refractivity contribution in [3.05, 3.63) is 223 Å². The Balaban J connectivity index is 1.42. The normalized spacial score (nSPS) is 11.0. The third kappa shape index (κ3) is 6.34. The molecule has 0 spiro atoms. The number of benzene rings is 9. The Hall–Kier alpha value is -8.24. The summed E-state index contributed by atoms with van der Waals surface area (Å²) in [4.78, 5) is 0. The Labute approximate surface area is 343 Å². The van der Waals surface area contributed by atoms with Crippen LogP contribution in [0.2, 0.25) is 0 Å². The maximum Gasteiger partial charge on any atom is 0.0991 e. The minimum Gasteiger partial charge on any atom is -0.308 e. The maximum absolute atomic E-state index is 9.81. The number of nitrogens with zero attached hydrogens (tertiary/aromatic N) is 3. The minimum absolute atomic E-state index is 0.606. The highest BCUT2D eigenvalue weighted by Gasteiger charge is 2.27. The standard InChI is InChI=1S/C56H35N3/c57-36-38-21-25-42(26-22-38)48-35-49(43-27-23-39(37-58)24-28-43)55(45-19-11-4-12-20-45)56(54(48)44-17-9-3-10-18-44)59-52-31-29-46(40-13-5-1-6-14-40)33-50(52)51-34-47(30-32-53(51)59)41-15-7-2-8-16-41/h1-35H. The first-order chi connectivity index (χ1) is 29.2. The van der Waals surface area contributed by atoms with Crippen LogP contribution in [-0.4, -0.2) is 4.57 Å². The van der Waals surface area contributed by atoms with Crippen molar-refractivity contribution in [1.82, 2.24) is 4.57 Å². The first-order valence-corrected chi connectivity index (χ1v) is 19.7. The van der Waals surface area contributed by atoms with E-state index >= 15 is 0 Å². The van der Waals surface area contributed by atoms with E-state index in [0.29, 0.717) is 11.1 Å². The molecule has 0 fully saturated rings. The van der Waals surface area contributed by atoms with E-state index in [9.17, 15) is 10.5 Å². The zero-order valence-electron chi connectivity index (χ0n) is 32.0. The molecule has 0 aliphatic rings. The lowest BCUT2D eigenvalue weighted by Crippen LogP contribution is -2.05. The Morgan fingerprint density at radius 3 is 1.00 bits per heavy atom. The molecule has 0 unspecified atom stereocenters. The lowest BCUT2D eigenvalue weighted by atomic mass is 9.83. The molecular formula is C56H35N3. The molecule has 1 heterocycles. The Kier molecular flexibility index (Phi) is 8.96. The van der Waals surface area contributed by atoms with Gasteiger partial charge in [-0.3, -0.25) is 0 Å². The average molecular weight is 750 g/mol. The van der Waals surface area contributed by atoms with E-state index in [4.69, 9.17) is 0 Å². The SMILES string of the molecule is N#Cc1ccc(-c2cc(-c3ccc(C#N)cc3)c(-c3ccccc3)c(-n3c4ccc(-c5ccccc5)cc4c4cc(-c5ccccc5)ccc43)c2-c2ccccc2)cc1. The lowest BCUT2D eigenvalue weighted by Gasteiger charge is -2.26. The zero-order chi connectivity index (χ0) is 39.7. The van der Waals surface area contributed by atoms with Crippen molar-refractivity contribution in [2.75, 3.05) is 0 Å². The molecule has 274 valence electrons. The highest BCUT2D eigenvalue weighted by atomic mass is 15.0. The topological polar surface area (TPSA) is 52.5 Å². The Morgan fingerprint density at radius 1 is 0.305 bits per heavy atom. The summed E-state index contributed by atoms with van der Waals surface area (Å²) in [5.74, 6) is 0. The van der Waals surface area contributed by atoms with Crippen molar-refractivity contribution in [3.63, 3.8) is 0 Å². The van der Waals surface area contributed by atoms with Crippen LogP contribution in [-0.2, 0) is 0 Å². The molecule has 0 aliphatic carbocycles. The van der Waals surface area contributed by atoms with Crippen LogP contribution in [0.3, 0.4) is 0 Å². The highest BCUT2D eigenvalue weighted by Crippen LogP contribution is 2.50. The molecule has 0 saturated heterocycles. The van der Waals surface area contributed by atoms with E-state index in [1.165, 1.54) is 0 Å². The molecular weight excluding hydrogens is 715 g/mol. The van der Waals surface area contributed by atoms with Gasteiger partial charge in [0.15, 0.2) is 0 Å². The van der Waals surface area contributed by atoms with E-state index in [1.807, 2.05) is 24.3 Å². The molecule has 0 amide bonds. The first kappa shape index (κ1) is 35.2. The third-order valence-corrected chi connectivity index (χ3v) is 11.3. The zero-order valence-corrected chi connectivity index (χ0v) is 32.0. The molecule has 3 heteroatoms. The minimum atomic E-state index is 0.606. The second-order valence-electron chi connectivity index (χ2n) is 14.7. The van der Waals surface area contributed by atoms with Crippen molar-refractivity contribution >= 4 is 21.8 Å². The number of rotatable bonds is 7. The van der Waals surface area contributed by atoms with Crippen LogP contribution in [0.15, 0.2) is 212 Å². The fraction of sp³-hybridized carbons (Fsp3) is 0. The molecule has 0 N–H and O–H groups in total. The van der Waals surface area contributed by atoms with Crippen LogP contribution in [0.1, 0.15) is 11.1 Å². The highest BCUT2D eigenvalue weighted by molar-refractivity contribution is 6.14. The van der Waals surface area contributed by atoms with Crippen LogP contribution < -0.4 is 0 Å². The van der Waals surface area contributed by atoms with Crippen LogP contribution in [0.25, 0.3) is 94.3 Å². The van der Waals surface area contributed by atoms with Gasteiger partial charge in [0.1, 0.15) is 0 Å². The second-order valence-corrected chi connectivity index (χ2v) is 14.7. The van der Waals surface area contributed by atoms with Gasteiger partial charge in [-0.05, 0) is 110 Å². The summed E-state index contributed by atoms with van der Waals surface area (Å²) in [6, 6.07) is 78.9. The molecule has 9 aromatic carbocycles. The summed E-state index contributed by atoms with van der Waals surface area (Å²) in [7, 11) is 0. The van der Waals surface area contributed by atoms with Crippen molar-refractivity contribution in [2.45, 2.75) is 0 Å². The molecule has 10 aromatic rings. The van der Waals surface area contributed by atoms with E-state index in [-0.39, 0.29) is 0 Å². The summed E-state index contributed by atoms with van der Waals surface area (Å²) in [5, 5.41) is 21.9. The number of hydrogen-bond acceptors (Lipinski definition) is 2. The van der Waals surface area contributed by atoms with Crippen molar-refractivity contribution in [3.8, 4) is 84.6 Å². The molecule has 3 nitrogen and oxygen atoms in total. The number of aromatic nitrogens is 1. The van der Waals surface area contributed by atoms with Gasteiger partial charge in [-0.1, -0.05) is 158 Å². The fourth-order valence-corrected chi connectivity index (χ4v) is 8.47. The molecule has 0 aliphatic heterocycles. The van der Waals surface area contributed by atoms with Crippen molar-refractivity contribution in [1.29, 1.82) is 10.5 Å². The van der Waals surface area contributed by atoms with Crippen LogP contribution >= 0.6 is 0 Å². The van der Waals surface area contributed by atoms with Crippen LogP contribution in [0.5, 0.6) is 0 Å². The summed E-state index contributed by atoms with van der Waals surface area (Å²) >= 11 is 0. The third-order valence-electron chi connectivity index (χ3n) is 11.3. The lowest BCUT2D eigenvalue weighted by molar-refractivity contribution is 1.18. The van der Waals surface area contributed by atoms with Crippen LogP contribution in [0.4, 0.5) is 0 Å². The number of nitriles is 2. The largest absolute Gasteiger partial charge is 0.308 e. The van der Waals surface area contributed by atoms with Gasteiger partial charge in [0.05, 0.1) is 40.0 Å². The van der Waals surface area contributed by atoms with Crippen molar-refractivity contribution < 1.29 is 0 Å². The number of fused-ring (bicyclic) bond motifs is 3. The monoisotopic (exact) mass is 749 g/mol. The summed E-state index contributed by atoms with van der Waals surface area (Å²) < 4.78 is 2.47. The quantitative estimate of drug-likeness (QED) is 0.163. The number of hydrogen-bond donors (Lipinski definition) is 0. The van der Waals surface area contributed by atoms with Gasteiger partial charge >= 0.3 is 0 Å². The maximum atomic E-state index is 9.81. The van der Waals surface area contributed by atoms with E-state index in [1.54, 1.807) is 0 Å². The van der Waals surface area contributed by atoms with Gasteiger partial charge < -0.3 is 4.57 Å². The van der Waals surface area contributed by atoms with Gasteiger partial charge in [0, 0.05) is 21.9 Å². The predicted octanol–water partition coefficient (Wildman–Crippen LogP) is 14.5. The molecule has 59 heavy (non-hydrogen) atoms. The van der Waals surface area contributed by atoms with Gasteiger partial charge in [-0.15, -0.1) is 0 Å². The van der Waals surface area contributed by atoms with Gasteiger partial charge in [0.25, 0.3) is 0 Å². The van der Waals surface area contributed by atoms with Crippen molar-refractivity contribution in [2.24, 2.45) is 0 Å². The average Bonchev–Trinajstić information content (AvgIpc) is 3.64. The van der Waals surface area contributed by atoms with Crippen LogP contribution in [0, 0.1) is 22.7 Å². The smallest absolute Gasteiger partial charge is 0.0991 e. The molecule has 0 bridgehead atoms. The van der Waals surface area contributed by atoms with Gasteiger partial charge in [-0.25, -0.2) is 0 Å². The first-order valence-electron chi connectivity index (χ1n) is 19.7. The molecule has 0 radical (unpaired) electrons. The summed E-state index contributed by atoms with van der Waals surface area (Å²) in [6.45, 7) is 0. The van der Waals surface area contributed by atoms with E-state index in [0.717, 1.165) is 94.3 Å². The predicted molar refractivity (Wildman–Crippen MR) is 243 cm³/mol. The van der Waals surface area contributed by atoms with E-state index < -0.39 is 0 Å². The molecule has 0 saturated carbocycles. The fourth-order valence-electron chi connectivity index (χ4n) is 8.47. The van der Waals surface area contributed by atoms with Gasteiger partial charge in [-0.2, -0.15) is 10.5 Å².